The van der Waals surface area contributed by atoms with E-state index in [9.17, 15) is 9.59 Å². The van der Waals surface area contributed by atoms with Gasteiger partial charge in [0.05, 0.1) is 35.2 Å². The summed E-state index contributed by atoms with van der Waals surface area (Å²) in [5.41, 5.74) is 5.23. The van der Waals surface area contributed by atoms with Gasteiger partial charge in [-0.1, -0.05) is 43.3 Å². The zero-order chi connectivity index (χ0) is 26.1. The molecule has 1 aliphatic heterocycles. The lowest BCUT2D eigenvalue weighted by Crippen LogP contribution is -2.19. The SMILES string of the molecule is C[C@@H]1CCN(Cc2ccc3[nH]c(-c4cc(NC(=O)c5cnn(Cc6ccccc6)c5)c[nH]c4=O)cc3c2)C1. The zero-order valence-electron chi connectivity index (χ0n) is 21.3. The topological polar surface area (TPSA) is 98.8 Å². The van der Waals surface area contributed by atoms with Crippen molar-refractivity contribution in [3.05, 3.63) is 106 Å². The monoisotopic (exact) mass is 506 g/mol. The summed E-state index contributed by atoms with van der Waals surface area (Å²) in [7, 11) is 0. The van der Waals surface area contributed by atoms with Gasteiger partial charge in [-0.2, -0.15) is 5.10 Å². The summed E-state index contributed by atoms with van der Waals surface area (Å²) < 4.78 is 1.73. The van der Waals surface area contributed by atoms with Gasteiger partial charge in [-0.3, -0.25) is 19.2 Å². The van der Waals surface area contributed by atoms with Crippen LogP contribution in [0, 0.1) is 5.92 Å². The standard InChI is InChI=1S/C30H30N6O2/c1-20-9-10-35(16-20)17-22-7-8-27-23(11-22)12-28(34-27)26-13-25(15-31-30(26)38)33-29(37)24-14-32-36(19-24)18-21-5-3-2-4-6-21/h2-8,11-15,19-20,34H,9-10,16-18H2,1H3,(H,31,38)(H,33,37)/t20-/m1/s1. The first-order chi connectivity index (χ1) is 18.5. The quantitative estimate of drug-likeness (QED) is 0.294. The fourth-order valence-corrected chi connectivity index (χ4v) is 5.15. The van der Waals surface area contributed by atoms with Gasteiger partial charge >= 0.3 is 0 Å². The largest absolute Gasteiger partial charge is 0.354 e. The Labute approximate surface area is 220 Å². The van der Waals surface area contributed by atoms with Gasteiger partial charge in [0.25, 0.3) is 11.5 Å². The van der Waals surface area contributed by atoms with E-state index in [1.54, 1.807) is 23.1 Å². The average Bonchev–Trinajstić information content (AvgIpc) is 3.65. The Balaban J connectivity index is 1.18. The Kier molecular flexibility index (Phi) is 6.39. The molecule has 1 fully saturated rings. The number of anilines is 1. The third-order valence-corrected chi connectivity index (χ3v) is 7.13. The van der Waals surface area contributed by atoms with Gasteiger partial charge in [0.2, 0.25) is 0 Å². The summed E-state index contributed by atoms with van der Waals surface area (Å²) in [6, 6.07) is 20.0. The molecule has 3 N–H and O–H groups in total. The molecule has 1 amide bonds. The molecule has 3 aromatic heterocycles. The van der Waals surface area contributed by atoms with Crippen LogP contribution in [0.1, 0.15) is 34.8 Å². The minimum atomic E-state index is -0.292. The Bertz CT molecular complexity index is 1650. The molecule has 4 heterocycles. The number of nitrogens with zero attached hydrogens (tertiary/aromatic N) is 3. The Morgan fingerprint density at radius 2 is 1.95 bits per heavy atom. The number of rotatable bonds is 7. The van der Waals surface area contributed by atoms with Crippen molar-refractivity contribution in [3.63, 3.8) is 0 Å². The fourth-order valence-electron chi connectivity index (χ4n) is 5.15. The predicted molar refractivity (Wildman–Crippen MR) is 149 cm³/mol. The summed E-state index contributed by atoms with van der Waals surface area (Å²) in [5.74, 6) is 0.461. The van der Waals surface area contributed by atoms with Crippen LogP contribution >= 0.6 is 0 Å². The van der Waals surface area contributed by atoms with E-state index in [1.807, 2.05) is 36.4 Å². The maximum atomic E-state index is 12.9. The first kappa shape index (κ1) is 23.9. The van der Waals surface area contributed by atoms with Crippen molar-refractivity contribution in [2.24, 2.45) is 5.92 Å². The fraction of sp³-hybridized carbons (Fsp3) is 0.233. The lowest BCUT2D eigenvalue weighted by Gasteiger charge is -2.15. The molecule has 5 aromatic rings. The summed E-state index contributed by atoms with van der Waals surface area (Å²) in [6.45, 7) is 6.09. The van der Waals surface area contributed by atoms with Crippen molar-refractivity contribution in [3.8, 4) is 11.3 Å². The molecule has 0 unspecified atom stereocenters. The van der Waals surface area contributed by atoms with Crippen LogP contribution < -0.4 is 10.9 Å². The van der Waals surface area contributed by atoms with E-state index in [2.05, 4.69) is 50.4 Å². The van der Waals surface area contributed by atoms with Crippen LogP contribution in [0.5, 0.6) is 0 Å². The number of benzene rings is 2. The molecule has 8 heteroatoms. The van der Waals surface area contributed by atoms with Gasteiger partial charge in [0.15, 0.2) is 0 Å². The highest BCUT2D eigenvalue weighted by atomic mass is 16.1. The van der Waals surface area contributed by atoms with Crippen molar-refractivity contribution < 1.29 is 4.79 Å². The second kappa shape index (κ2) is 10.1. The Morgan fingerprint density at radius 1 is 1.08 bits per heavy atom. The molecule has 192 valence electrons. The molecule has 0 bridgehead atoms. The molecular formula is C30H30N6O2. The third kappa shape index (κ3) is 5.17. The number of aromatic amines is 2. The lowest BCUT2D eigenvalue weighted by molar-refractivity contribution is 0.102. The van der Waals surface area contributed by atoms with Crippen LogP contribution in [0.2, 0.25) is 0 Å². The molecule has 0 saturated carbocycles. The van der Waals surface area contributed by atoms with E-state index in [-0.39, 0.29) is 11.5 Å². The van der Waals surface area contributed by atoms with E-state index in [0.717, 1.165) is 42.0 Å². The van der Waals surface area contributed by atoms with E-state index in [1.165, 1.54) is 18.2 Å². The summed E-state index contributed by atoms with van der Waals surface area (Å²) in [6.07, 6.45) is 6.02. The molecule has 38 heavy (non-hydrogen) atoms. The number of aromatic nitrogens is 4. The van der Waals surface area contributed by atoms with Gasteiger partial charge in [-0.25, -0.2) is 0 Å². The zero-order valence-corrected chi connectivity index (χ0v) is 21.3. The van der Waals surface area contributed by atoms with Gasteiger partial charge in [0.1, 0.15) is 0 Å². The van der Waals surface area contributed by atoms with E-state index in [0.29, 0.717) is 29.1 Å². The predicted octanol–water partition coefficient (Wildman–Crippen LogP) is 4.86. The van der Waals surface area contributed by atoms with Gasteiger partial charge in [-0.15, -0.1) is 0 Å². The smallest absolute Gasteiger partial charge is 0.258 e. The molecule has 0 radical (unpaired) electrons. The van der Waals surface area contributed by atoms with Crippen molar-refractivity contribution in [2.45, 2.75) is 26.4 Å². The maximum absolute atomic E-state index is 12.9. The number of likely N-dealkylation sites (tertiary alicyclic amines) is 1. The van der Waals surface area contributed by atoms with Crippen LogP contribution in [0.3, 0.4) is 0 Å². The number of pyridine rings is 1. The van der Waals surface area contributed by atoms with Gasteiger partial charge in [0, 0.05) is 36.4 Å². The first-order valence-electron chi connectivity index (χ1n) is 12.9. The Hall–Kier alpha value is -4.43. The molecule has 8 nitrogen and oxygen atoms in total. The first-order valence-corrected chi connectivity index (χ1v) is 12.9. The summed E-state index contributed by atoms with van der Waals surface area (Å²) >= 11 is 0. The highest BCUT2D eigenvalue weighted by Gasteiger charge is 2.19. The highest BCUT2D eigenvalue weighted by molar-refractivity contribution is 6.04. The minimum Gasteiger partial charge on any atom is -0.354 e. The van der Waals surface area contributed by atoms with Crippen LogP contribution in [0.4, 0.5) is 5.69 Å². The van der Waals surface area contributed by atoms with Crippen molar-refractivity contribution in [2.75, 3.05) is 18.4 Å². The molecule has 0 spiro atoms. The van der Waals surface area contributed by atoms with Gasteiger partial charge in [-0.05, 0) is 54.3 Å². The number of amides is 1. The molecule has 1 atom stereocenters. The number of carbonyl (C=O) groups is 1. The highest BCUT2D eigenvalue weighted by Crippen LogP contribution is 2.26. The average molecular weight is 507 g/mol. The molecule has 6 rings (SSSR count). The number of nitrogens with one attached hydrogen (secondary N) is 3. The molecular weight excluding hydrogens is 476 g/mol. The van der Waals surface area contributed by atoms with Crippen LogP contribution in [0.15, 0.2) is 84.0 Å². The number of H-pyrrole nitrogens is 2. The summed E-state index contributed by atoms with van der Waals surface area (Å²) in [4.78, 5) is 34.2. The molecule has 1 aliphatic rings. The lowest BCUT2D eigenvalue weighted by atomic mass is 10.1. The number of fused-ring (bicyclic) bond motifs is 1. The van der Waals surface area contributed by atoms with E-state index in [4.69, 9.17) is 0 Å². The van der Waals surface area contributed by atoms with Crippen LogP contribution in [-0.2, 0) is 13.1 Å². The van der Waals surface area contributed by atoms with E-state index < -0.39 is 0 Å². The Morgan fingerprint density at radius 3 is 2.76 bits per heavy atom. The van der Waals surface area contributed by atoms with Crippen LogP contribution in [0.25, 0.3) is 22.2 Å². The van der Waals surface area contributed by atoms with Crippen molar-refractivity contribution >= 4 is 22.5 Å². The molecule has 0 aliphatic carbocycles. The third-order valence-electron chi connectivity index (χ3n) is 7.13. The van der Waals surface area contributed by atoms with E-state index >= 15 is 0 Å². The number of carbonyl (C=O) groups excluding carboxylic acids is 1. The summed E-state index contributed by atoms with van der Waals surface area (Å²) in [5, 5.41) is 8.25. The molecule has 2 aromatic carbocycles. The van der Waals surface area contributed by atoms with Gasteiger partial charge < -0.3 is 15.3 Å². The number of hydrogen-bond acceptors (Lipinski definition) is 4. The number of hydrogen-bond donors (Lipinski definition) is 3. The van der Waals surface area contributed by atoms with Crippen LogP contribution in [-0.4, -0.2) is 43.6 Å². The van der Waals surface area contributed by atoms with Crippen molar-refractivity contribution in [1.82, 2.24) is 24.6 Å². The molecule has 1 saturated heterocycles. The second-order valence-electron chi connectivity index (χ2n) is 10.2. The minimum absolute atomic E-state index is 0.225. The van der Waals surface area contributed by atoms with Crippen molar-refractivity contribution in [1.29, 1.82) is 0 Å². The second-order valence-corrected chi connectivity index (χ2v) is 10.2. The normalized spacial score (nSPS) is 15.8. The maximum Gasteiger partial charge on any atom is 0.258 e.